The van der Waals surface area contributed by atoms with E-state index in [-0.39, 0.29) is 11.8 Å². The van der Waals surface area contributed by atoms with Gasteiger partial charge in [-0.2, -0.15) is 0 Å². The predicted octanol–water partition coefficient (Wildman–Crippen LogP) is 9.01. The van der Waals surface area contributed by atoms with Crippen molar-refractivity contribution in [2.24, 2.45) is 0 Å². The molecule has 2 fully saturated rings. The fraction of sp³-hybridized carbons (Fsp3) is 0.371. The van der Waals surface area contributed by atoms with Gasteiger partial charge in [0.15, 0.2) is 0 Å². The summed E-state index contributed by atoms with van der Waals surface area (Å²) < 4.78 is 9.45. The first-order valence-electron chi connectivity index (χ1n) is 14.7. The van der Waals surface area contributed by atoms with Crippen LogP contribution in [0.4, 0.5) is 0 Å². The molecule has 2 aliphatic rings. The van der Waals surface area contributed by atoms with Gasteiger partial charge < -0.3 is 9.47 Å². The first-order chi connectivity index (χ1) is 19.9. The number of benzene rings is 4. The standard InChI is InChI=1S/C35H34Cl2O4/c36-35(37,33(38)40-31-21-7-5-17-29(31)27-19-9-13-23-11-1-3-15-25(23)27)34(39)41-32-22-8-6-18-30(32)28-20-10-14-24-12-2-4-16-26(24)28/h1-4,9-16,19-20,29-32H,5-8,17-18,21-22H2/t29-,30-,31+,32+/m0/s1. The average molecular weight is 590 g/mol. The summed E-state index contributed by atoms with van der Waals surface area (Å²) in [7, 11) is 0. The summed E-state index contributed by atoms with van der Waals surface area (Å²) >= 11 is 12.9. The molecule has 6 heteroatoms. The molecule has 0 spiro atoms. The zero-order chi connectivity index (χ0) is 28.4. The van der Waals surface area contributed by atoms with Crippen molar-refractivity contribution >= 4 is 56.7 Å². The normalized spacial score (nSPS) is 23.3. The van der Waals surface area contributed by atoms with Crippen LogP contribution in [0.1, 0.15) is 74.3 Å². The number of carbonyl (C=O) groups excluding carboxylic acids is 2. The van der Waals surface area contributed by atoms with Gasteiger partial charge in [0.25, 0.3) is 0 Å². The Hall–Kier alpha value is -3.08. The van der Waals surface area contributed by atoms with Crippen LogP contribution in [0.3, 0.4) is 0 Å². The lowest BCUT2D eigenvalue weighted by Gasteiger charge is -2.35. The molecule has 2 aliphatic carbocycles. The van der Waals surface area contributed by atoms with Gasteiger partial charge >= 0.3 is 16.3 Å². The number of ether oxygens (including phenoxy) is 2. The number of hydrogen-bond acceptors (Lipinski definition) is 4. The summed E-state index contributed by atoms with van der Waals surface area (Å²) in [5.41, 5.74) is 2.27. The fourth-order valence-electron chi connectivity index (χ4n) is 6.84. The lowest BCUT2D eigenvalue weighted by atomic mass is 9.79. The minimum atomic E-state index is -2.44. The van der Waals surface area contributed by atoms with Gasteiger partial charge in [-0.05, 0) is 71.2 Å². The second-order valence-corrected chi connectivity index (χ2v) is 12.7. The van der Waals surface area contributed by atoms with Crippen molar-refractivity contribution in [1.82, 2.24) is 0 Å². The molecule has 2 saturated carbocycles. The van der Waals surface area contributed by atoms with Gasteiger partial charge in [0.2, 0.25) is 0 Å². The Labute approximate surface area is 250 Å². The van der Waals surface area contributed by atoms with E-state index >= 15 is 0 Å². The van der Waals surface area contributed by atoms with Crippen molar-refractivity contribution in [3.63, 3.8) is 0 Å². The predicted molar refractivity (Wildman–Crippen MR) is 165 cm³/mol. The van der Waals surface area contributed by atoms with E-state index in [1.165, 1.54) is 0 Å². The van der Waals surface area contributed by atoms with Crippen molar-refractivity contribution in [2.75, 3.05) is 0 Å². The van der Waals surface area contributed by atoms with E-state index < -0.39 is 28.5 Å². The van der Waals surface area contributed by atoms with Gasteiger partial charge in [-0.15, -0.1) is 0 Å². The maximum atomic E-state index is 13.4. The van der Waals surface area contributed by atoms with Gasteiger partial charge in [-0.25, -0.2) is 9.59 Å². The Morgan fingerprint density at radius 3 is 1.41 bits per heavy atom. The highest BCUT2D eigenvalue weighted by Gasteiger charge is 2.49. The Morgan fingerprint density at radius 1 is 0.561 bits per heavy atom. The minimum Gasteiger partial charge on any atom is -0.459 e. The number of rotatable bonds is 6. The second kappa shape index (κ2) is 12.0. The van der Waals surface area contributed by atoms with Crippen molar-refractivity contribution in [2.45, 2.75) is 79.7 Å². The third-order valence-electron chi connectivity index (χ3n) is 8.88. The Kier molecular flexibility index (Phi) is 8.23. The third kappa shape index (κ3) is 5.69. The summed E-state index contributed by atoms with van der Waals surface area (Å²) in [6, 6.07) is 28.8. The average Bonchev–Trinajstić information content (AvgIpc) is 3.01. The van der Waals surface area contributed by atoms with Crippen LogP contribution in [0.2, 0.25) is 0 Å². The summed E-state index contributed by atoms with van der Waals surface area (Å²) in [5, 5.41) is 4.56. The molecule has 41 heavy (non-hydrogen) atoms. The topological polar surface area (TPSA) is 52.6 Å². The molecule has 4 aromatic rings. The van der Waals surface area contributed by atoms with E-state index in [1.807, 2.05) is 36.4 Å². The van der Waals surface area contributed by atoms with Crippen LogP contribution in [0.15, 0.2) is 84.9 Å². The second-order valence-electron chi connectivity index (χ2n) is 11.4. The molecule has 0 aromatic heterocycles. The highest BCUT2D eigenvalue weighted by molar-refractivity contribution is 6.66. The summed E-state index contributed by atoms with van der Waals surface area (Å²) in [5.74, 6) is -1.93. The van der Waals surface area contributed by atoms with E-state index in [9.17, 15) is 9.59 Å². The molecule has 0 radical (unpaired) electrons. The summed E-state index contributed by atoms with van der Waals surface area (Å²) in [6.45, 7) is 0. The molecule has 212 valence electrons. The number of alkyl halides is 2. The van der Waals surface area contributed by atoms with Crippen LogP contribution < -0.4 is 0 Å². The van der Waals surface area contributed by atoms with Gasteiger partial charge in [0.05, 0.1) is 0 Å². The summed E-state index contributed by atoms with van der Waals surface area (Å²) in [6.07, 6.45) is 6.20. The fourth-order valence-corrected chi connectivity index (χ4v) is 7.02. The van der Waals surface area contributed by atoms with Crippen LogP contribution in [0.25, 0.3) is 21.5 Å². The monoisotopic (exact) mass is 588 g/mol. The molecular formula is C35H34Cl2O4. The molecule has 4 nitrogen and oxygen atoms in total. The molecule has 6 rings (SSSR count). The molecule has 0 N–H and O–H groups in total. The van der Waals surface area contributed by atoms with Crippen LogP contribution >= 0.6 is 23.2 Å². The van der Waals surface area contributed by atoms with Crippen LogP contribution in [0.5, 0.6) is 0 Å². The van der Waals surface area contributed by atoms with Crippen molar-refractivity contribution in [3.05, 3.63) is 96.1 Å². The van der Waals surface area contributed by atoms with E-state index in [2.05, 4.69) is 48.5 Å². The molecule has 4 atom stereocenters. The van der Waals surface area contributed by atoms with Crippen LogP contribution in [0, 0.1) is 0 Å². The quantitative estimate of drug-likeness (QED) is 0.128. The number of esters is 2. The first kappa shape index (κ1) is 28.1. The maximum absolute atomic E-state index is 13.4. The number of hydrogen-bond donors (Lipinski definition) is 0. The van der Waals surface area contributed by atoms with Gasteiger partial charge in [-0.1, -0.05) is 121 Å². The van der Waals surface area contributed by atoms with E-state index in [0.717, 1.165) is 71.2 Å². The molecule has 0 saturated heterocycles. The largest absolute Gasteiger partial charge is 0.459 e. The van der Waals surface area contributed by atoms with Crippen molar-refractivity contribution in [1.29, 1.82) is 0 Å². The van der Waals surface area contributed by atoms with Crippen molar-refractivity contribution in [3.8, 4) is 0 Å². The highest BCUT2D eigenvalue weighted by atomic mass is 35.5. The lowest BCUT2D eigenvalue weighted by molar-refractivity contribution is -0.164. The van der Waals surface area contributed by atoms with Gasteiger partial charge in [0.1, 0.15) is 12.2 Å². The van der Waals surface area contributed by atoms with Crippen LogP contribution in [-0.4, -0.2) is 28.5 Å². The Balaban J connectivity index is 1.19. The van der Waals surface area contributed by atoms with Crippen LogP contribution in [-0.2, 0) is 19.1 Å². The molecule has 0 aliphatic heterocycles. The minimum absolute atomic E-state index is 0.00644. The smallest absolute Gasteiger partial charge is 0.354 e. The number of fused-ring (bicyclic) bond motifs is 2. The SMILES string of the molecule is O=C(O[C@@H]1CCCC[C@H]1c1cccc2ccccc12)C(Cl)(Cl)C(=O)O[C@@H]1CCCC[C@H]1c1cccc2ccccc12. The van der Waals surface area contributed by atoms with E-state index in [4.69, 9.17) is 32.7 Å². The zero-order valence-electron chi connectivity index (χ0n) is 22.9. The molecule has 0 bridgehead atoms. The Bertz CT molecular complexity index is 1440. The molecule has 4 aromatic carbocycles. The number of halogens is 2. The zero-order valence-corrected chi connectivity index (χ0v) is 24.4. The molecule has 0 unspecified atom stereocenters. The molecule has 0 amide bonds. The highest BCUT2D eigenvalue weighted by Crippen LogP contribution is 2.42. The maximum Gasteiger partial charge on any atom is 0.354 e. The molecular weight excluding hydrogens is 555 g/mol. The van der Waals surface area contributed by atoms with Gasteiger partial charge in [-0.3, -0.25) is 0 Å². The lowest BCUT2D eigenvalue weighted by Crippen LogP contribution is -2.44. The van der Waals surface area contributed by atoms with E-state index in [1.54, 1.807) is 0 Å². The van der Waals surface area contributed by atoms with Crippen molar-refractivity contribution < 1.29 is 19.1 Å². The van der Waals surface area contributed by atoms with E-state index in [0.29, 0.717) is 12.8 Å². The molecule has 0 heterocycles. The Morgan fingerprint density at radius 2 is 0.951 bits per heavy atom. The van der Waals surface area contributed by atoms with Gasteiger partial charge in [0, 0.05) is 11.8 Å². The first-order valence-corrected chi connectivity index (χ1v) is 15.4. The third-order valence-corrected chi connectivity index (χ3v) is 9.50. The summed E-state index contributed by atoms with van der Waals surface area (Å²) in [4.78, 5) is 26.8. The number of carbonyl (C=O) groups is 2.